The van der Waals surface area contributed by atoms with Gasteiger partial charge in [0.15, 0.2) is 0 Å². The first-order valence-corrected chi connectivity index (χ1v) is 7.88. The predicted molar refractivity (Wildman–Crippen MR) is 93.4 cm³/mol. The molecule has 1 N–H and O–H groups in total. The van der Waals surface area contributed by atoms with Gasteiger partial charge in [-0.3, -0.25) is 4.79 Å². The van der Waals surface area contributed by atoms with Crippen molar-refractivity contribution in [2.75, 3.05) is 13.7 Å². The Morgan fingerprint density at radius 1 is 1.08 bits per heavy atom. The molecule has 1 saturated heterocycles. The maximum atomic E-state index is 12.7. The van der Waals surface area contributed by atoms with E-state index >= 15 is 0 Å². The summed E-state index contributed by atoms with van der Waals surface area (Å²) < 4.78 is 0. The molecule has 0 saturated carbocycles. The zero-order valence-corrected chi connectivity index (χ0v) is 13.8. The van der Waals surface area contributed by atoms with E-state index in [9.17, 15) is 14.7 Å². The number of carbonyl (C=O) groups is 2. The lowest BCUT2D eigenvalue weighted by molar-refractivity contribution is -0.141. The fraction of sp³-hybridized carbons (Fsp3) is 0.211. The molecular formula is C19H18N2O4. The summed E-state index contributed by atoms with van der Waals surface area (Å²) in [6.45, 7) is 0.157. The van der Waals surface area contributed by atoms with Crippen LogP contribution in [0.4, 0.5) is 0 Å². The molecular weight excluding hydrogens is 320 g/mol. The first kappa shape index (κ1) is 16.7. The Hall–Kier alpha value is -3.15. The Balaban J connectivity index is 1.82. The zero-order valence-electron chi connectivity index (χ0n) is 13.8. The number of aliphatic carboxylic acids is 1. The lowest BCUT2D eigenvalue weighted by Crippen LogP contribution is -2.40. The van der Waals surface area contributed by atoms with Crippen molar-refractivity contribution in [3.05, 3.63) is 60.2 Å². The molecule has 25 heavy (non-hydrogen) atoms. The SMILES string of the molecule is CON=C1CC(C(=O)O)N(C(=O)c2ccc(-c3ccccc3)cc2)C1. The average molecular weight is 338 g/mol. The van der Waals surface area contributed by atoms with Crippen LogP contribution < -0.4 is 0 Å². The molecule has 0 aliphatic carbocycles. The van der Waals surface area contributed by atoms with Crippen LogP contribution in [0.25, 0.3) is 11.1 Å². The molecule has 0 aromatic heterocycles. The molecule has 1 unspecified atom stereocenters. The Labute approximate surface area is 145 Å². The number of carboxylic acid groups (broad SMARTS) is 1. The Kier molecular flexibility index (Phi) is 4.79. The number of carboxylic acids is 1. The van der Waals surface area contributed by atoms with Crippen molar-refractivity contribution >= 4 is 17.6 Å². The molecule has 128 valence electrons. The maximum absolute atomic E-state index is 12.7. The normalized spacial score (nSPS) is 18.4. The lowest BCUT2D eigenvalue weighted by Gasteiger charge is -2.20. The van der Waals surface area contributed by atoms with Crippen molar-refractivity contribution in [2.24, 2.45) is 5.16 Å². The van der Waals surface area contributed by atoms with E-state index in [1.807, 2.05) is 42.5 Å². The predicted octanol–water partition coefficient (Wildman–Crippen LogP) is 2.66. The monoisotopic (exact) mass is 338 g/mol. The second-order valence-electron chi connectivity index (χ2n) is 5.77. The first-order chi connectivity index (χ1) is 12.1. The van der Waals surface area contributed by atoms with Crippen LogP contribution in [0.3, 0.4) is 0 Å². The van der Waals surface area contributed by atoms with Gasteiger partial charge in [-0.1, -0.05) is 47.6 Å². The van der Waals surface area contributed by atoms with Gasteiger partial charge in [0.25, 0.3) is 5.91 Å². The number of carbonyl (C=O) groups excluding carboxylic acids is 1. The molecule has 1 aliphatic rings. The third-order valence-electron chi connectivity index (χ3n) is 4.16. The van der Waals surface area contributed by atoms with E-state index in [4.69, 9.17) is 4.84 Å². The Bertz CT molecular complexity index is 800. The summed E-state index contributed by atoms with van der Waals surface area (Å²) in [6.07, 6.45) is 0.178. The van der Waals surface area contributed by atoms with E-state index in [1.54, 1.807) is 12.1 Å². The number of rotatable bonds is 4. The topological polar surface area (TPSA) is 79.2 Å². The summed E-state index contributed by atoms with van der Waals surface area (Å²) in [5.41, 5.74) is 3.05. The molecule has 1 fully saturated rings. The number of benzene rings is 2. The molecule has 2 aromatic rings. The van der Waals surface area contributed by atoms with Gasteiger partial charge in [0, 0.05) is 12.0 Å². The van der Waals surface area contributed by atoms with Crippen molar-refractivity contribution in [1.82, 2.24) is 4.90 Å². The van der Waals surface area contributed by atoms with Crippen LogP contribution in [0.2, 0.25) is 0 Å². The number of amides is 1. The fourth-order valence-corrected chi connectivity index (χ4v) is 2.94. The minimum Gasteiger partial charge on any atom is -0.480 e. The van der Waals surface area contributed by atoms with Gasteiger partial charge in [-0.2, -0.15) is 0 Å². The largest absolute Gasteiger partial charge is 0.480 e. The molecule has 1 atom stereocenters. The van der Waals surface area contributed by atoms with Crippen LogP contribution >= 0.6 is 0 Å². The van der Waals surface area contributed by atoms with Crippen molar-refractivity contribution in [1.29, 1.82) is 0 Å². The van der Waals surface area contributed by atoms with Gasteiger partial charge in [0.2, 0.25) is 0 Å². The highest BCUT2D eigenvalue weighted by atomic mass is 16.6. The Morgan fingerprint density at radius 2 is 1.72 bits per heavy atom. The molecule has 0 bridgehead atoms. The number of likely N-dealkylation sites (tertiary alicyclic amines) is 1. The van der Waals surface area contributed by atoms with Crippen LogP contribution in [-0.4, -0.2) is 47.3 Å². The summed E-state index contributed by atoms with van der Waals surface area (Å²) in [4.78, 5) is 30.2. The van der Waals surface area contributed by atoms with Crippen LogP contribution in [0.1, 0.15) is 16.8 Å². The smallest absolute Gasteiger partial charge is 0.326 e. The van der Waals surface area contributed by atoms with Gasteiger partial charge in [0.1, 0.15) is 13.2 Å². The molecule has 3 rings (SSSR count). The van der Waals surface area contributed by atoms with E-state index in [1.165, 1.54) is 12.0 Å². The quantitative estimate of drug-likeness (QED) is 0.869. The summed E-state index contributed by atoms with van der Waals surface area (Å²) in [7, 11) is 1.40. The lowest BCUT2D eigenvalue weighted by atomic mass is 10.0. The summed E-state index contributed by atoms with van der Waals surface area (Å²) >= 11 is 0. The highest BCUT2D eigenvalue weighted by Crippen LogP contribution is 2.23. The summed E-state index contributed by atoms with van der Waals surface area (Å²) in [5.74, 6) is -1.37. The minimum atomic E-state index is -1.05. The molecule has 0 spiro atoms. The van der Waals surface area contributed by atoms with Crippen molar-refractivity contribution in [3.63, 3.8) is 0 Å². The highest BCUT2D eigenvalue weighted by molar-refractivity contribution is 6.04. The number of hydrogen-bond acceptors (Lipinski definition) is 4. The molecule has 6 heteroatoms. The van der Waals surface area contributed by atoms with Crippen molar-refractivity contribution in [2.45, 2.75) is 12.5 Å². The van der Waals surface area contributed by atoms with Gasteiger partial charge in [-0.05, 0) is 23.3 Å². The van der Waals surface area contributed by atoms with Crippen molar-refractivity contribution < 1.29 is 19.5 Å². The standard InChI is InChI=1S/C19H18N2O4/c1-25-20-16-11-17(19(23)24)21(12-16)18(22)15-9-7-14(8-10-15)13-5-3-2-4-6-13/h2-10,17H,11-12H2,1H3,(H,23,24). The maximum Gasteiger partial charge on any atom is 0.326 e. The molecule has 1 aliphatic heterocycles. The summed E-state index contributed by atoms with van der Waals surface area (Å²) in [5, 5.41) is 13.2. The van der Waals surface area contributed by atoms with E-state index in [2.05, 4.69) is 5.16 Å². The number of oxime groups is 1. The molecule has 0 radical (unpaired) electrons. The second-order valence-corrected chi connectivity index (χ2v) is 5.77. The highest BCUT2D eigenvalue weighted by Gasteiger charge is 2.38. The van der Waals surface area contributed by atoms with Crippen molar-refractivity contribution in [3.8, 4) is 11.1 Å². The van der Waals surface area contributed by atoms with Crippen LogP contribution in [0.5, 0.6) is 0 Å². The van der Waals surface area contributed by atoms with Gasteiger partial charge in [-0.15, -0.1) is 0 Å². The van der Waals surface area contributed by atoms with Gasteiger partial charge >= 0.3 is 5.97 Å². The second kappa shape index (κ2) is 7.17. The Morgan fingerprint density at radius 3 is 2.32 bits per heavy atom. The molecule has 6 nitrogen and oxygen atoms in total. The van der Waals surface area contributed by atoms with Crippen LogP contribution in [0.15, 0.2) is 59.8 Å². The molecule has 2 aromatic carbocycles. The third kappa shape index (κ3) is 3.52. The zero-order chi connectivity index (χ0) is 17.8. The van der Waals surface area contributed by atoms with Gasteiger partial charge in [-0.25, -0.2) is 4.79 Å². The van der Waals surface area contributed by atoms with E-state index in [0.717, 1.165) is 11.1 Å². The van der Waals surface area contributed by atoms with E-state index in [0.29, 0.717) is 11.3 Å². The van der Waals surface area contributed by atoms with Crippen LogP contribution in [-0.2, 0) is 9.63 Å². The van der Waals surface area contributed by atoms with Gasteiger partial charge < -0.3 is 14.8 Å². The van der Waals surface area contributed by atoms with E-state index < -0.39 is 12.0 Å². The first-order valence-electron chi connectivity index (χ1n) is 7.88. The molecule has 1 amide bonds. The van der Waals surface area contributed by atoms with Gasteiger partial charge in [0.05, 0.1) is 12.3 Å². The summed E-state index contributed by atoms with van der Waals surface area (Å²) in [6, 6.07) is 16.1. The van der Waals surface area contributed by atoms with Crippen LogP contribution in [0, 0.1) is 0 Å². The fourth-order valence-electron chi connectivity index (χ4n) is 2.94. The minimum absolute atomic E-state index is 0.157. The third-order valence-corrected chi connectivity index (χ3v) is 4.16. The van der Waals surface area contributed by atoms with E-state index in [-0.39, 0.29) is 18.9 Å². The number of hydrogen-bond donors (Lipinski definition) is 1. The number of nitrogens with zero attached hydrogens (tertiary/aromatic N) is 2. The average Bonchev–Trinajstić information content (AvgIpc) is 3.07. The molecule has 1 heterocycles.